The molecule has 0 bridgehead atoms. The molecular weight excluding hydrogens is 889 g/mol. The number of rotatable bonds is 14. The monoisotopic (exact) mass is 983 g/mol. The molecule has 0 N–H and O–H groups in total. The van der Waals surface area contributed by atoms with E-state index in [9.17, 15) is 0 Å². The van der Waals surface area contributed by atoms with E-state index in [1.807, 2.05) is 0 Å². The van der Waals surface area contributed by atoms with E-state index in [0.717, 1.165) is 25.7 Å². The van der Waals surface area contributed by atoms with Gasteiger partial charge in [-0.1, -0.05) is 254 Å². The lowest BCUT2D eigenvalue weighted by atomic mass is 9.72. The zero-order valence-corrected chi connectivity index (χ0v) is 49.8. The average Bonchev–Trinajstić information content (AvgIpc) is 3.28. The fourth-order valence-corrected chi connectivity index (χ4v) is 13.3. The number of benzene rings is 7. The largest absolute Gasteiger partial charge is 0.0610 e. The molecule has 0 aliphatic carbocycles. The van der Waals surface area contributed by atoms with Crippen LogP contribution < -0.4 is 0 Å². The third-order valence-electron chi connectivity index (χ3n) is 15.3. The summed E-state index contributed by atoms with van der Waals surface area (Å²) in [6, 6.07) is 61.4. The molecule has 7 rings (SSSR count). The van der Waals surface area contributed by atoms with E-state index in [2.05, 4.69) is 296 Å². The van der Waals surface area contributed by atoms with Gasteiger partial charge >= 0.3 is 0 Å². The quantitative estimate of drug-likeness (QED) is 0.102. The molecule has 0 aliphatic heterocycles. The highest BCUT2D eigenvalue weighted by molar-refractivity contribution is 5.86. The van der Waals surface area contributed by atoms with Crippen molar-refractivity contribution in [3.8, 4) is 66.8 Å². The van der Waals surface area contributed by atoms with Gasteiger partial charge in [0.2, 0.25) is 0 Å². The predicted molar refractivity (Wildman–Crippen MR) is 327 cm³/mol. The molecule has 0 atom stereocenters. The molecule has 0 unspecified atom stereocenters. The van der Waals surface area contributed by atoms with Crippen molar-refractivity contribution in [3.05, 3.63) is 180 Å². The zero-order chi connectivity index (χ0) is 54.5. The van der Waals surface area contributed by atoms with Gasteiger partial charge in [-0.05, 0) is 200 Å². The van der Waals surface area contributed by atoms with Gasteiger partial charge in [0.1, 0.15) is 0 Å². The van der Waals surface area contributed by atoms with Crippen molar-refractivity contribution in [1.82, 2.24) is 0 Å². The third-order valence-corrected chi connectivity index (χ3v) is 15.3. The summed E-state index contributed by atoms with van der Waals surface area (Å²) >= 11 is 0. The normalized spacial score (nSPS) is 13.4. The molecule has 0 aliphatic rings. The molecule has 0 amide bonds. The van der Waals surface area contributed by atoms with E-state index >= 15 is 0 Å². The third kappa shape index (κ3) is 14.5. The van der Waals surface area contributed by atoms with Gasteiger partial charge < -0.3 is 0 Å². The molecular formula is C74H94. The van der Waals surface area contributed by atoms with Crippen molar-refractivity contribution in [3.63, 3.8) is 0 Å². The highest BCUT2D eigenvalue weighted by Crippen LogP contribution is 2.43. The van der Waals surface area contributed by atoms with Gasteiger partial charge in [-0.3, -0.25) is 0 Å². The Balaban J connectivity index is 1.35. The smallest absolute Gasteiger partial charge is 0.00986 e. The lowest BCUT2D eigenvalue weighted by molar-refractivity contribution is 0.283. The Bertz CT molecular complexity index is 2620. The van der Waals surface area contributed by atoms with E-state index in [1.165, 1.54) is 89.0 Å². The summed E-state index contributed by atoms with van der Waals surface area (Å²) in [4.78, 5) is 0. The Kier molecular flexibility index (Phi) is 15.7. The molecule has 0 heteroatoms. The molecule has 0 heterocycles. The van der Waals surface area contributed by atoms with Crippen LogP contribution in [-0.2, 0) is 21.7 Å². The molecule has 74 heavy (non-hydrogen) atoms. The summed E-state index contributed by atoms with van der Waals surface area (Å²) in [5, 5.41) is 0. The summed E-state index contributed by atoms with van der Waals surface area (Å²) in [6.45, 7) is 47.3. The fourth-order valence-electron chi connectivity index (χ4n) is 13.3. The molecule has 7 aromatic rings. The predicted octanol–water partition coefficient (Wildman–Crippen LogP) is 22.5. The van der Waals surface area contributed by atoms with Crippen LogP contribution in [-0.4, -0.2) is 0 Å². The van der Waals surface area contributed by atoms with Crippen LogP contribution in [0.2, 0.25) is 0 Å². The Labute approximate surface area is 451 Å². The molecule has 0 fully saturated rings. The minimum Gasteiger partial charge on any atom is -0.0610 e. The van der Waals surface area contributed by atoms with Crippen LogP contribution in [0.3, 0.4) is 0 Å². The van der Waals surface area contributed by atoms with E-state index in [4.69, 9.17) is 0 Å². The van der Waals surface area contributed by atoms with Gasteiger partial charge in [-0.25, -0.2) is 0 Å². The van der Waals surface area contributed by atoms with E-state index in [-0.39, 0.29) is 43.3 Å². The van der Waals surface area contributed by atoms with Crippen LogP contribution in [0.5, 0.6) is 0 Å². The van der Waals surface area contributed by atoms with Crippen molar-refractivity contribution >= 4 is 0 Å². The van der Waals surface area contributed by atoms with Gasteiger partial charge in [-0.15, -0.1) is 0 Å². The van der Waals surface area contributed by atoms with Crippen LogP contribution in [0.1, 0.15) is 186 Å². The number of hydrogen-bond acceptors (Lipinski definition) is 0. The molecule has 7 aromatic carbocycles. The van der Waals surface area contributed by atoms with Gasteiger partial charge in [0, 0.05) is 0 Å². The standard InChI is InChI=1S/C74H94/c1-67(2,3)47-71(13,14)63-32-24-51(25-33-63)57-41-58(52-26-34-64(35-27-52)72(15,16)48-68(4,5)6)44-61(43-57)55-22-21-23-56(40-55)62-45-59(53-28-36-65(37-29-53)73(17,18)49-69(7,8)9)42-60(46-62)54-30-38-66(39-31-54)74(19,20)50-70(10,11)12/h21-46H,47-50H2,1-20H3. The summed E-state index contributed by atoms with van der Waals surface area (Å²) in [5.41, 5.74) is 21.5. The molecule has 0 saturated heterocycles. The van der Waals surface area contributed by atoms with Gasteiger partial charge in [0.25, 0.3) is 0 Å². The van der Waals surface area contributed by atoms with E-state index < -0.39 is 0 Å². The lowest BCUT2D eigenvalue weighted by Crippen LogP contribution is -2.24. The SMILES string of the molecule is CC(C)(C)CC(C)(C)c1ccc(-c2cc(-c3ccc(C(C)(C)CC(C)(C)C)cc3)cc(-c3cccc(-c4cc(-c5ccc(C(C)(C)CC(C)(C)C)cc5)cc(-c5ccc(C(C)(C)CC(C)(C)C)cc5)c4)c3)c2)cc1. The second-order valence-electron chi connectivity index (χ2n) is 30.0. The lowest BCUT2D eigenvalue weighted by Gasteiger charge is -2.33. The van der Waals surface area contributed by atoms with Crippen LogP contribution in [0, 0.1) is 21.7 Å². The highest BCUT2D eigenvalue weighted by atomic mass is 14.4. The Morgan fingerprint density at radius 3 is 0.527 bits per heavy atom. The molecule has 0 saturated carbocycles. The van der Waals surface area contributed by atoms with Crippen molar-refractivity contribution < 1.29 is 0 Å². The number of hydrogen-bond donors (Lipinski definition) is 0. The first-order chi connectivity index (χ1) is 34.0. The van der Waals surface area contributed by atoms with Crippen LogP contribution in [0.4, 0.5) is 0 Å². The fraction of sp³-hybridized carbons (Fsp3) is 0.432. The Morgan fingerprint density at radius 2 is 0.351 bits per heavy atom. The summed E-state index contributed by atoms with van der Waals surface area (Å²) in [5.74, 6) is 0. The molecule has 0 radical (unpaired) electrons. The molecule has 0 spiro atoms. The molecule has 0 nitrogen and oxygen atoms in total. The minimum absolute atomic E-state index is 0.0722. The maximum atomic E-state index is 2.41. The second kappa shape index (κ2) is 20.6. The van der Waals surface area contributed by atoms with Gasteiger partial charge in [-0.2, -0.15) is 0 Å². The Hall–Kier alpha value is -5.46. The highest BCUT2D eigenvalue weighted by Gasteiger charge is 2.31. The summed E-state index contributed by atoms with van der Waals surface area (Å²) < 4.78 is 0. The van der Waals surface area contributed by atoms with Gasteiger partial charge in [0.05, 0.1) is 0 Å². The topological polar surface area (TPSA) is 0 Å². The van der Waals surface area contributed by atoms with Gasteiger partial charge in [0.15, 0.2) is 0 Å². The van der Waals surface area contributed by atoms with Crippen molar-refractivity contribution in [2.45, 2.75) is 186 Å². The average molecular weight is 984 g/mol. The summed E-state index contributed by atoms with van der Waals surface area (Å²) in [6.07, 6.45) is 4.47. The minimum atomic E-state index is 0.0722. The Morgan fingerprint density at radius 1 is 0.189 bits per heavy atom. The first-order valence-corrected chi connectivity index (χ1v) is 27.9. The summed E-state index contributed by atoms with van der Waals surface area (Å²) in [7, 11) is 0. The van der Waals surface area contributed by atoms with E-state index in [1.54, 1.807) is 0 Å². The maximum Gasteiger partial charge on any atom is -0.00986 e. The van der Waals surface area contributed by atoms with Crippen LogP contribution in [0.25, 0.3) is 66.8 Å². The van der Waals surface area contributed by atoms with Crippen LogP contribution >= 0.6 is 0 Å². The van der Waals surface area contributed by atoms with Crippen molar-refractivity contribution in [2.24, 2.45) is 21.7 Å². The first kappa shape index (κ1) is 56.3. The molecule has 390 valence electrons. The van der Waals surface area contributed by atoms with Crippen molar-refractivity contribution in [2.75, 3.05) is 0 Å². The second-order valence-corrected chi connectivity index (χ2v) is 30.0. The molecule has 0 aromatic heterocycles. The first-order valence-electron chi connectivity index (χ1n) is 27.9. The van der Waals surface area contributed by atoms with Crippen molar-refractivity contribution in [1.29, 1.82) is 0 Å². The van der Waals surface area contributed by atoms with E-state index in [0.29, 0.717) is 0 Å². The van der Waals surface area contributed by atoms with Crippen LogP contribution in [0.15, 0.2) is 158 Å². The maximum absolute atomic E-state index is 2.41. The zero-order valence-electron chi connectivity index (χ0n) is 49.8.